The Hall–Kier alpha value is -1.37. The molecule has 1 unspecified atom stereocenters. The SMILES string of the molecule is CC(C)C(NCc1cc(Br)c(OCc2ccccc2)c(Br)c1)C(=O)O. The van der Waals surface area contributed by atoms with Gasteiger partial charge in [-0.05, 0) is 61.0 Å². The summed E-state index contributed by atoms with van der Waals surface area (Å²) < 4.78 is 7.55. The van der Waals surface area contributed by atoms with Crippen LogP contribution in [0.1, 0.15) is 25.0 Å². The van der Waals surface area contributed by atoms with Crippen molar-refractivity contribution in [1.82, 2.24) is 5.32 Å². The van der Waals surface area contributed by atoms with Crippen LogP contribution in [-0.2, 0) is 17.9 Å². The third-order valence-electron chi connectivity index (χ3n) is 3.74. The van der Waals surface area contributed by atoms with Gasteiger partial charge < -0.3 is 15.2 Å². The molecule has 4 nitrogen and oxygen atoms in total. The fourth-order valence-electron chi connectivity index (χ4n) is 2.42. The Kier molecular flexibility index (Phi) is 7.47. The van der Waals surface area contributed by atoms with Crippen molar-refractivity contribution in [1.29, 1.82) is 0 Å². The fraction of sp³-hybridized carbons (Fsp3) is 0.316. The van der Waals surface area contributed by atoms with E-state index in [1.165, 1.54) is 0 Å². The molecule has 0 heterocycles. The van der Waals surface area contributed by atoms with E-state index in [0.717, 1.165) is 25.8 Å². The average Bonchev–Trinajstić information content (AvgIpc) is 2.54. The van der Waals surface area contributed by atoms with Crippen LogP contribution >= 0.6 is 31.9 Å². The lowest BCUT2D eigenvalue weighted by molar-refractivity contribution is -0.140. The number of halogens is 2. The highest BCUT2D eigenvalue weighted by molar-refractivity contribution is 9.11. The summed E-state index contributed by atoms with van der Waals surface area (Å²) in [5.74, 6) is -0.0972. The van der Waals surface area contributed by atoms with Crippen LogP contribution in [0.2, 0.25) is 0 Å². The minimum atomic E-state index is -0.837. The summed E-state index contributed by atoms with van der Waals surface area (Å²) in [4.78, 5) is 11.3. The summed E-state index contributed by atoms with van der Waals surface area (Å²) in [6.07, 6.45) is 0. The zero-order valence-electron chi connectivity index (χ0n) is 14.1. The van der Waals surface area contributed by atoms with Gasteiger partial charge in [0.25, 0.3) is 0 Å². The van der Waals surface area contributed by atoms with Gasteiger partial charge in [-0.1, -0.05) is 44.2 Å². The molecule has 134 valence electrons. The smallest absolute Gasteiger partial charge is 0.320 e. The third-order valence-corrected chi connectivity index (χ3v) is 4.92. The molecule has 0 aliphatic heterocycles. The van der Waals surface area contributed by atoms with Crippen LogP contribution in [0.3, 0.4) is 0 Å². The number of aliphatic carboxylic acids is 1. The Morgan fingerprint density at radius 1 is 1.12 bits per heavy atom. The van der Waals surface area contributed by atoms with E-state index in [1.54, 1.807) is 0 Å². The van der Waals surface area contributed by atoms with E-state index in [9.17, 15) is 9.90 Å². The Balaban J connectivity index is 2.05. The highest BCUT2D eigenvalue weighted by Crippen LogP contribution is 2.35. The molecule has 0 saturated heterocycles. The maximum Gasteiger partial charge on any atom is 0.320 e. The molecule has 6 heteroatoms. The van der Waals surface area contributed by atoms with E-state index in [0.29, 0.717) is 13.2 Å². The molecular weight excluding hydrogens is 450 g/mol. The summed E-state index contributed by atoms with van der Waals surface area (Å²) in [5, 5.41) is 12.3. The maximum absolute atomic E-state index is 11.3. The van der Waals surface area contributed by atoms with E-state index in [1.807, 2.05) is 56.3 Å². The number of carboxylic acids is 1. The van der Waals surface area contributed by atoms with Crippen molar-refractivity contribution in [2.24, 2.45) is 5.92 Å². The number of hydrogen-bond acceptors (Lipinski definition) is 3. The topological polar surface area (TPSA) is 58.6 Å². The second-order valence-corrected chi connectivity index (χ2v) is 7.81. The van der Waals surface area contributed by atoms with Gasteiger partial charge in [0.05, 0.1) is 8.95 Å². The monoisotopic (exact) mass is 469 g/mol. The molecule has 0 amide bonds. The lowest BCUT2D eigenvalue weighted by atomic mass is 10.0. The van der Waals surface area contributed by atoms with Gasteiger partial charge in [0.2, 0.25) is 0 Å². The Morgan fingerprint density at radius 2 is 1.72 bits per heavy atom. The summed E-state index contributed by atoms with van der Waals surface area (Å²) in [7, 11) is 0. The summed E-state index contributed by atoms with van der Waals surface area (Å²) in [5.41, 5.74) is 2.06. The van der Waals surface area contributed by atoms with Crippen molar-refractivity contribution in [2.45, 2.75) is 33.0 Å². The van der Waals surface area contributed by atoms with Gasteiger partial charge in [0.1, 0.15) is 18.4 Å². The summed E-state index contributed by atoms with van der Waals surface area (Å²) >= 11 is 7.07. The van der Waals surface area contributed by atoms with E-state index in [-0.39, 0.29) is 5.92 Å². The lowest BCUT2D eigenvalue weighted by Gasteiger charge is -2.18. The second-order valence-electron chi connectivity index (χ2n) is 6.10. The van der Waals surface area contributed by atoms with Crippen LogP contribution in [0.25, 0.3) is 0 Å². The molecule has 0 aromatic heterocycles. The van der Waals surface area contributed by atoms with Crippen molar-refractivity contribution in [3.05, 3.63) is 62.5 Å². The van der Waals surface area contributed by atoms with Crippen molar-refractivity contribution in [3.63, 3.8) is 0 Å². The first-order valence-corrected chi connectivity index (χ1v) is 9.58. The molecule has 0 bridgehead atoms. The van der Waals surface area contributed by atoms with Crippen molar-refractivity contribution < 1.29 is 14.6 Å². The number of rotatable bonds is 8. The first kappa shape index (κ1) is 19.9. The van der Waals surface area contributed by atoms with E-state index < -0.39 is 12.0 Å². The summed E-state index contributed by atoms with van der Waals surface area (Å²) in [6.45, 7) is 4.71. The highest BCUT2D eigenvalue weighted by atomic mass is 79.9. The maximum atomic E-state index is 11.3. The number of carboxylic acid groups (broad SMARTS) is 1. The number of ether oxygens (including phenoxy) is 1. The minimum Gasteiger partial charge on any atom is -0.487 e. The van der Waals surface area contributed by atoms with Gasteiger partial charge in [-0.15, -0.1) is 0 Å². The third kappa shape index (κ3) is 5.83. The molecule has 1 atom stereocenters. The number of carbonyl (C=O) groups is 1. The van der Waals surface area contributed by atoms with Gasteiger partial charge in [-0.3, -0.25) is 4.79 Å². The van der Waals surface area contributed by atoms with Gasteiger partial charge in [0.15, 0.2) is 0 Å². The van der Waals surface area contributed by atoms with Crippen molar-refractivity contribution in [3.8, 4) is 5.75 Å². The van der Waals surface area contributed by atoms with Crippen molar-refractivity contribution in [2.75, 3.05) is 0 Å². The average molecular weight is 471 g/mol. The first-order valence-electron chi connectivity index (χ1n) is 7.99. The van der Waals surface area contributed by atoms with Crippen molar-refractivity contribution >= 4 is 37.8 Å². The minimum absolute atomic E-state index is 0.0119. The molecule has 2 rings (SSSR count). The number of nitrogens with one attached hydrogen (secondary N) is 1. The standard InChI is InChI=1S/C19H21Br2NO3/c1-12(2)17(19(23)24)22-10-14-8-15(20)18(16(21)9-14)25-11-13-6-4-3-5-7-13/h3-9,12,17,22H,10-11H2,1-2H3,(H,23,24). The van der Waals surface area contributed by atoms with Crippen LogP contribution in [0.5, 0.6) is 5.75 Å². The van der Waals surface area contributed by atoms with Crippen LogP contribution in [-0.4, -0.2) is 17.1 Å². The number of benzene rings is 2. The molecule has 0 fully saturated rings. The van der Waals surface area contributed by atoms with Crippen LogP contribution in [0.4, 0.5) is 0 Å². The largest absolute Gasteiger partial charge is 0.487 e. The molecule has 0 aliphatic carbocycles. The molecule has 2 aromatic carbocycles. The van der Waals surface area contributed by atoms with Crippen LogP contribution in [0, 0.1) is 5.92 Å². The molecule has 2 N–H and O–H groups in total. The number of hydrogen-bond donors (Lipinski definition) is 2. The molecule has 0 spiro atoms. The Labute approximate surface area is 164 Å². The molecule has 0 saturated carbocycles. The lowest BCUT2D eigenvalue weighted by Crippen LogP contribution is -2.40. The molecule has 0 aliphatic rings. The fourth-order valence-corrected chi connectivity index (χ4v) is 3.93. The Morgan fingerprint density at radius 3 is 2.24 bits per heavy atom. The molecular formula is C19H21Br2NO3. The Bertz CT molecular complexity index is 697. The zero-order valence-corrected chi connectivity index (χ0v) is 17.3. The second kappa shape index (κ2) is 9.36. The van der Waals surface area contributed by atoms with Gasteiger partial charge >= 0.3 is 5.97 Å². The zero-order chi connectivity index (χ0) is 18.4. The van der Waals surface area contributed by atoms with E-state index in [4.69, 9.17) is 4.74 Å². The summed E-state index contributed by atoms with van der Waals surface area (Å²) in [6, 6.07) is 13.3. The predicted octanol–water partition coefficient (Wildman–Crippen LogP) is 4.99. The van der Waals surface area contributed by atoms with E-state index >= 15 is 0 Å². The predicted molar refractivity (Wildman–Crippen MR) is 106 cm³/mol. The normalized spacial score (nSPS) is 12.2. The first-order chi connectivity index (χ1) is 11.9. The molecule has 2 aromatic rings. The van der Waals surface area contributed by atoms with E-state index in [2.05, 4.69) is 37.2 Å². The van der Waals surface area contributed by atoms with Gasteiger partial charge in [0, 0.05) is 6.54 Å². The van der Waals surface area contributed by atoms with Crippen LogP contribution in [0.15, 0.2) is 51.4 Å². The molecule has 25 heavy (non-hydrogen) atoms. The highest BCUT2D eigenvalue weighted by Gasteiger charge is 2.20. The quantitative estimate of drug-likeness (QED) is 0.570. The van der Waals surface area contributed by atoms with Gasteiger partial charge in [-0.25, -0.2) is 0 Å². The molecule has 0 radical (unpaired) electrons. The van der Waals surface area contributed by atoms with Gasteiger partial charge in [-0.2, -0.15) is 0 Å². The van der Waals surface area contributed by atoms with Crippen LogP contribution < -0.4 is 10.1 Å².